The third-order valence-corrected chi connectivity index (χ3v) is 5.32. The van der Waals surface area contributed by atoms with E-state index in [9.17, 15) is 22.0 Å². The maximum absolute atomic E-state index is 14.2. The predicted octanol–water partition coefficient (Wildman–Crippen LogP) is 4.23. The Morgan fingerprint density at radius 1 is 1.16 bits per heavy atom. The average Bonchev–Trinajstić information content (AvgIpc) is 2.45. The monoisotopic (exact) mass is 434 g/mol. The number of benzene rings is 2. The molecule has 2 aromatic rings. The number of hydrogen-bond donors (Lipinski definition) is 3. The Bertz CT molecular complexity index is 941. The molecule has 0 unspecified atom stereocenters. The van der Waals surface area contributed by atoms with Crippen LogP contribution in [0.2, 0.25) is 0 Å². The average molecular weight is 435 g/mol. The third kappa shape index (κ3) is 4.07. The van der Waals surface area contributed by atoms with Crippen LogP contribution in [0.25, 0.3) is 0 Å². The second-order valence-electron chi connectivity index (χ2n) is 5.16. The van der Waals surface area contributed by atoms with Gasteiger partial charge in [-0.15, -0.1) is 0 Å². The first-order chi connectivity index (χ1) is 11.5. The van der Waals surface area contributed by atoms with Crippen molar-refractivity contribution >= 4 is 43.4 Å². The van der Waals surface area contributed by atoms with E-state index in [0.29, 0.717) is 4.47 Å². The molecule has 0 aliphatic carbocycles. The fraction of sp³-hybridized carbons (Fsp3) is 0.133. The van der Waals surface area contributed by atoms with Crippen LogP contribution in [0.15, 0.2) is 33.6 Å². The van der Waals surface area contributed by atoms with Crippen molar-refractivity contribution in [2.75, 3.05) is 10.0 Å². The molecule has 0 fully saturated rings. The summed E-state index contributed by atoms with van der Waals surface area (Å²) in [5.74, 6) is -1.75. The SMILES string of the molecule is Cc1cc(Br)cc(F)c1S(=O)(=O)Nc1c(NC(=O)O)ccc(F)c1C. The van der Waals surface area contributed by atoms with Gasteiger partial charge < -0.3 is 5.11 Å². The van der Waals surface area contributed by atoms with E-state index < -0.39 is 32.6 Å². The molecule has 3 N–H and O–H groups in total. The molecule has 0 saturated carbocycles. The normalized spacial score (nSPS) is 11.2. The zero-order chi connectivity index (χ0) is 18.9. The summed E-state index contributed by atoms with van der Waals surface area (Å²) in [7, 11) is -4.43. The van der Waals surface area contributed by atoms with Crippen molar-refractivity contribution in [3.8, 4) is 0 Å². The Hall–Kier alpha value is -2.20. The lowest BCUT2D eigenvalue weighted by Crippen LogP contribution is -2.19. The molecule has 0 aromatic heterocycles. The molecular weight excluding hydrogens is 422 g/mol. The molecule has 0 aliphatic heterocycles. The quantitative estimate of drug-likeness (QED) is 0.670. The highest BCUT2D eigenvalue weighted by molar-refractivity contribution is 9.10. The number of hydrogen-bond acceptors (Lipinski definition) is 3. The van der Waals surface area contributed by atoms with E-state index in [0.717, 1.165) is 18.2 Å². The lowest BCUT2D eigenvalue weighted by Gasteiger charge is -2.17. The van der Waals surface area contributed by atoms with Gasteiger partial charge in [-0.1, -0.05) is 15.9 Å². The zero-order valence-electron chi connectivity index (χ0n) is 13.0. The van der Waals surface area contributed by atoms with Crippen molar-refractivity contribution in [3.63, 3.8) is 0 Å². The minimum Gasteiger partial charge on any atom is -0.465 e. The van der Waals surface area contributed by atoms with Crippen molar-refractivity contribution in [1.29, 1.82) is 0 Å². The molecule has 0 spiro atoms. The van der Waals surface area contributed by atoms with Gasteiger partial charge >= 0.3 is 6.09 Å². The second kappa shape index (κ2) is 6.96. The standard InChI is InChI=1S/C15H13BrF2N2O4S/c1-7-5-9(16)6-11(18)14(7)25(23,24)20-13-8(2)10(17)3-4-12(13)19-15(21)22/h3-6,19-20H,1-2H3,(H,21,22). The first kappa shape index (κ1) is 19.1. The molecule has 134 valence electrons. The van der Waals surface area contributed by atoms with Crippen molar-refractivity contribution in [3.05, 3.63) is 51.5 Å². The van der Waals surface area contributed by atoms with Crippen LogP contribution in [0.5, 0.6) is 0 Å². The van der Waals surface area contributed by atoms with Gasteiger partial charge in [0, 0.05) is 10.0 Å². The zero-order valence-corrected chi connectivity index (χ0v) is 15.4. The largest absolute Gasteiger partial charge is 0.465 e. The van der Waals surface area contributed by atoms with Gasteiger partial charge in [-0.25, -0.2) is 22.0 Å². The van der Waals surface area contributed by atoms with Gasteiger partial charge in [0.05, 0.1) is 11.4 Å². The third-order valence-electron chi connectivity index (χ3n) is 3.34. The Morgan fingerprint density at radius 3 is 2.36 bits per heavy atom. The highest BCUT2D eigenvalue weighted by Gasteiger charge is 2.25. The summed E-state index contributed by atoms with van der Waals surface area (Å²) in [5.41, 5.74) is -0.500. The van der Waals surface area contributed by atoms with Crippen LogP contribution in [0.3, 0.4) is 0 Å². The van der Waals surface area contributed by atoms with E-state index in [4.69, 9.17) is 5.11 Å². The van der Waals surface area contributed by atoms with Crippen LogP contribution in [0.4, 0.5) is 25.0 Å². The van der Waals surface area contributed by atoms with E-state index in [2.05, 4.69) is 20.7 Å². The number of aryl methyl sites for hydroxylation is 1. The van der Waals surface area contributed by atoms with Crippen LogP contribution in [0.1, 0.15) is 11.1 Å². The second-order valence-corrected chi connectivity index (χ2v) is 7.70. The minimum atomic E-state index is -4.43. The Morgan fingerprint density at radius 2 is 1.80 bits per heavy atom. The molecule has 0 radical (unpaired) electrons. The number of carbonyl (C=O) groups is 1. The van der Waals surface area contributed by atoms with Crippen LogP contribution in [-0.2, 0) is 10.0 Å². The summed E-state index contributed by atoms with van der Waals surface area (Å²) in [6.07, 6.45) is -1.46. The highest BCUT2D eigenvalue weighted by Crippen LogP contribution is 2.32. The number of amides is 1. The molecule has 0 heterocycles. The number of nitrogens with one attached hydrogen (secondary N) is 2. The van der Waals surface area contributed by atoms with Gasteiger partial charge in [-0.3, -0.25) is 10.0 Å². The van der Waals surface area contributed by atoms with Crippen molar-refractivity contribution in [2.45, 2.75) is 18.7 Å². The molecule has 10 heteroatoms. The van der Waals surface area contributed by atoms with Crippen LogP contribution >= 0.6 is 15.9 Å². The van der Waals surface area contributed by atoms with Crippen LogP contribution in [-0.4, -0.2) is 19.6 Å². The molecule has 2 aromatic carbocycles. The molecule has 1 amide bonds. The Labute approximate surface area is 151 Å². The molecule has 0 atom stereocenters. The molecule has 6 nitrogen and oxygen atoms in total. The Kier molecular flexibility index (Phi) is 5.33. The summed E-state index contributed by atoms with van der Waals surface area (Å²) in [4.78, 5) is 10.2. The lowest BCUT2D eigenvalue weighted by atomic mass is 10.1. The van der Waals surface area contributed by atoms with Gasteiger partial charge in [-0.05, 0) is 43.7 Å². The smallest absolute Gasteiger partial charge is 0.409 e. The predicted molar refractivity (Wildman–Crippen MR) is 92.4 cm³/mol. The fourth-order valence-corrected chi connectivity index (χ4v) is 4.23. The van der Waals surface area contributed by atoms with E-state index in [-0.39, 0.29) is 22.5 Å². The molecular formula is C15H13BrF2N2O4S. The van der Waals surface area contributed by atoms with E-state index >= 15 is 0 Å². The fourth-order valence-electron chi connectivity index (χ4n) is 2.25. The van der Waals surface area contributed by atoms with E-state index in [1.54, 1.807) is 0 Å². The molecule has 0 saturated heterocycles. The van der Waals surface area contributed by atoms with Gasteiger partial charge in [-0.2, -0.15) is 0 Å². The lowest BCUT2D eigenvalue weighted by molar-refractivity contribution is 0.209. The summed E-state index contributed by atoms with van der Waals surface area (Å²) in [6, 6.07) is 4.45. The molecule has 25 heavy (non-hydrogen) atoms. The first-order valence-corrected chi connectivity index (χ1v) is 9.08. The van der Waals surface area contributed by atoms with Gasteiger partial charge in [0.15, 0.2) is 0 Å². The number of halogens is 3. The number of anilines is 2. The van der Waals surface area contributed by atoms with Crippen LogP contribution in [0, 0.1) is 25.5 Å². The summed E-state index contributed by atoms with van der Waals surface area (Å²) in [6.45, 7) is 2.67. The van der Waals surface area contributed by atoms with Crippen molar-refractivity contribution in [1.82, 2.24) is 0 Å². The molecule has 0 aliphatic rings. The van der Waals surface area contributed by atoms with Gasteiger partial charge in [0.2, 0.25) is 0 Å². The highest BCUT2D eigenvalue weighted by atomic mass is 79.9. The topological polar surface area (TPSA) is 95.5 Å². The first-order valence-electron chi connectivity index (χ1n) is 6.80. The van der Waals surface area contributed by atoms with Gasteiger partial charge in [0.25, 0.3) is 10.0 Å². The number of carboxylic acid groups (broad SMARTS) is 1. The van der Waals surface area contributed by atoms with Crippen LogP contribution < -0.4 is 10.0 Å². The summed E-state index contributed by atoms with van der Waals surface area (Å²) in [5, 5.41) is 10.8. The van der Waals surface area contributed by atoms with E-state index in [1.807, 2.05) is 5.32 Å². The summed E-state index contributed by atoms with van der Waals surface area (Å²) >= 11 is 3.06. The van der Waals surface area contributed by atoms with Gasteiger partial charge in [0.1, 0.15) is 16.5 Å². The number of rotatable bonds is 4. The summed E-state index contributed by atoms with van der Waals surface area (Å²) < 4.78 is 55.6. The minimum absolute atomic E-state index is 0.126. The van der Waals surface area contributed by atoms with Crippen molar-refractivity contribution < 1.29 is 27.1 Å². The Balaban J connectivity index is 2.59. The maximum Gasteiger partial charge on any atom is 0.409 e. The molecule has 2 rings (SSSR count). The molecule has 0 bridgehead atoms. The van der Waals surface area contributed by atoms with Crippen molar-refractivity contribution in [2.24, 2.45) is 0 Å². The van der Waals surface area contributed by atoms with E-state index in [1.165, 1.54) is 19.9 Å². The number of sulfonamides is 1. The maximum atomic E-state index is 14.2.